The predicted molar refractivity (Wildman–Crippen MR) is 102 cm³/mol. The Hall–Kier alpha value is -3.40. The number of anilines is 2. The first kappa shape index (κ1) is 17.4. The molecule has 0 saturated heterocycles. The monoisotopic (exact) mass is 345 g/mol. The smallest absolute Gasteiger partial charge is 0.337 e. The zero-order chi connectivity index (χ0) is 18.5. The molecule has 0 aliphatic rings. The summed E-state index contributed by atoms with van der Waals surface area (Å²) in [5.41, 5.74) is 3.94. The molecule has 0 aromatic heterocycles. The molecule has 0 aliphatic heterocycles. The number of benzene rings is 3. The fourth-order valence-corrected chi connectivity index (χ4v) is 2.84. The van der Waals surface area contributed by atoms with Crippen molar-refractivity contribution in [2.24, 2.45) is 0 Å². The van der Waals surface area contributed by atoms with Crippen LogP contribution < -0.4 is 4.90 Å². The molecule has 3 aromatic rings. The van der Waals surface area contributed by atoms with Gasteiger partial charge in [0, 0.05) is 18.3 Å². The van der Waals surface area contributed by atoms with Crippen molar-refractivity contribution in [1.82, 2.24) is 0 Å². The van der Waals surface area contributed by atoms with Crippen LogP contribution >= 0.6 is 0 Å². The summed E-state index contributed by atoms with van der Waals surface area (Å²) in [6.45, 7) is 1.50. The van der Waals surface area contributed by atoms with Crippen LogP contribution in [0.25, 0.3) is 11.1 Å². The highest BCUT2D eigenvalue weighted by Gasteiger charge is 2.16. The molecular formula is C22H19NO3. The summed E-state index contributed by atoms with van der Waals surface area (Å²) >= 11 is 0. The van der Waals surface area contributed by atoms with Crippen molar-refractivity contribution in [3.05, 3.63) is 84.4 Å². The van der Waals surface area contributed by atoms with Gasteiger partial charge < -0.3 is 4.74 Å². The topological polar surface area (TPSA) is 46.6 Å². The zero-order valence-electron chi connectivity index (χ0n) is 14.7. The van der Waals surface area contributed by atoms with Crippen molar-refractivity contribution >= 4 is 23.3 Å². The lowest BCUT2D eigenvalue weighted by Crippen LogP contribution is -2.23. The highest BCUT2D eigenvalue weighted by Crippen LogP contribution is 2.29. The second kappa shape index (κ2) is 7.66. The van der Waals surface area contributed by atoms with Gasteiger partial charge in [0.15, 0.2) is 0 Å². The van der Waals surface area contributed by atoms with Crippen molar-refractivity contribution in [2.45, 2.75) is 6.92 Å². The van der Waals surface area contributed by atoms with Crippen LogP contribution in [0.2, 0.25) is 0 Å². The largest absolute Gasteiger partial charge is 0.465 e. The summed E-state index contributed by atoms with van der Waals surface area (Å²) < 4.78 is 4.76. The first-order valence-corrected chi connectivity index (χ1v) is 8.24. The van der Waals surface area contributed by atoms with Crippen LogP contribution in [0.4, 0.5) is 11.4 Å². The van der Waals surface area contributed by atoms with Crippen molar-refractivity contribution in [1.29, 1.82) is 0 Å². The fraction of sp³-hybridized carbons (Fsp3) is 0.0909. The Morgan fingerprint density at radius 3 is 2.04 bits per heavy atom. The summed E-state index contributed by atoms with van der Waals surface area (Å²) in [6, 6.07) is 24.6. The molecule has 0 bridgehead atoms. The van der Waals surface area contributed by atoms with Crippen molar-refractivity contribution in [3.8, 4) is 11.1 Å². The van der Waals surface area contributed by atoms with E-state index in [1.807, 2.05) is 54.6 Å². The Kier molecular flexibility index (Phi) is 5.13. The summed E-state index contributed by atoms with van der Waals surface area (Å²) in [5, 5.41) is 0. The zero-order valence-corrected chi connectivity index (χ0v) is 14.7. The third-order valence-electron chi connectivity index (χ3n) is 4.07. The van der Waals surface area contributed by atoms with E-state index in [9.17, 15) is 9.59 Å². The minimum atomic E-state index is -0.435. The van der Waals surface area contributed by atoms with E-state index >= 15 is 0 Å². The van der Waals surface area contributed by atoms with Gasteiger partial charge >= 0.3 is 5.97 Å². The predicted octanol–water partition coefficient (Wildman–Crippen LogP) is 4.82. The second-order valence-electron chi connectivity index (χ2n) is 5.81. The number of nitrogens with zero attached hydrogens (tertiary/aromatic N) is 1. The van der Waals surface area contributed by atoms with Crippen LogP contribution in [-0.4, -0.2) is 19.0 Å². The molecule has 0 aliphatic carbocycles. The number of ether oxygens (including phenoxy) is 1. The molecule has 3 aromatic carbocycles. The Bertz CT molecular complexity index is 918. The Labute approximate surface area is 152 Å². The van der Waals surface area contributed by atoms with Crippen molar-refractivity contribution < 1.29 is 14.3 Å². The van der Waals surface area contributed by atoms with Gasteiger partial charge in [0.25, 0.3) is 0 Å². The molecule has 0 saturated carbocycles. The third kappa shape index (κ3) is 3.64. The molecule has 26 heavy (non-hydrogen) atoms. The van der Waals surface area contributed by atoms with E-state index in [1.165, 1.54) is 14.0 Å². The quantitative estimate of drug-likeness (QED) is 0.637. The molecular weight excluding hydrogens is 326 g/mol. The van der Waals surface area contributed by atoms with Gasteiger partial charge in [-0.25, -0.2) is 4.79 Å². The minimum absolute atomic E-state index is 0.139. The maximum Gasteiger partial charge on any atom is 0.337 e. The molecule has 130 valence electrons. The number of rotatable bonds is 4. The molecule has 0 N–H and O–H groups in total. The summed E-state index contributed by atoms with van der Waals surface area (Å²) in [6.07, 6.45) is 0. The van der Waals surface area contributed by atoms with Crippen LogP contribution in [0, 0.1) is 0 Å². The van der Waals surface area contributed by atoms with Gasteiger partial charge in [-0.15, -0.1) is 0 Å². The SMILES string of the molecule is COC(=O)c1cccc(N(C(C)=O)c2ccc(-c3ccccc3)cc2)c1. The van der Waals surface area contributed by atoms with E-state index in [0.717, 1.165) is 16.8 Å². The van der Waals surface area contributed by atoms with Crippen LogP contribution in [-0.2, 0) is 9.53 Å². The normalized spacial score (nSPS) is 10.2. The van der Waals surface area contributed by atoms with E-state index in [4.69, 9.17) is 4.74 Å². The number of amides is 1. The lowest BCUT2D eigenvalue weighted by Gasteiger charge is -2.22. The number of carbonyl (C=O) groups is 2. The van der Waals surface area contributed by atoms with E-state index in [2.05, 4.69) is 0 Å². The second-order valence-corrected chi connectivity index (χ2v) is 5.81. The van der Waals surface area contributed by atoms with Crippen LogP contribution in [0.3, 0.4) is 0 Å². The Morgan fingerprint density at radius 2 is 1.42 bits per heavy atom. The molecule has 3 rings (SSSR count). The lowest BCUT2D eigenvalue weighted by molar-refractivity contribution is -0.115. The van der Waals surface area contributed by atoms with Gasteiger partial charge in [0.1, 0.15) is 0 Å². The van der Waals surface area contributed by atoms with Gasteiger partial charge in [-0.05, 0) is 41.5 Å². The molecule has 1 amide bonds. The summed E-state index contributed by atoms with van der Waals surface area (Å²) in [7, 11) is 1.33. The molecule has 0 atom stereocenters. The Balaban J connectivity index is 1.96. The van der Waals surface area contributed by atoms with Gasteiger partial charge in [-0.3, -0.25) is 9.69 Å². The molecule has 0 heterocycles. The maximum absolute atomic E-state index is 12.3. The van der Waals surface area contributed by atoms with E-state index in [0.29, 0.717) is 11.3 Å². The van der Waals surface area contributed by atoms with Gasteiger partial charge in [-0.1, -0.05) is 48.5 Å². The summed E-state index contributed by atoms with van der Waals surface area (Å²) in [5.74, 6) is -0.575. The van der Waals surface area contributed by atoms with Crippen LogP contribution in [0.15, 0.2) is 78.9 Å². The third-order valence-corrected chi connectivity index (χ3v) is 4.07. The van der Waals surface area contributed by atoms with E-state index in [-0.39, 0.29) is 5.91 Å². The first-order chi connectivity index (χ1) is 12.6. The van der Waals surface area contributed by atoms with E-state index < -0.39 is 5.97 Å². The van der Waals surface area contributed by atoms with Crippen LogP contribution in [0.5, 0.6) is 0 Å². The van der Waals surface area contributed by atoms with Crippen molar-refractivity contribution in [3.63, 3.8) is 0 Å². The lowest BCUT2D eigenvalue weighted by atomic mass is 10.1. The molecule has 0 fully saturated rings. The molecule has 0 unspecified atom stereocenters. The molecule has 0 radical (unpaired) electrons. The molecule has 4 heteroatoms. The average Bonchev–Trinajstić information content (AvgIpc) is 2.69. The number of hydrogen-bond donors (Lipinski definition) is 0. The Morgan fingerprint density at radius 1 is 0.769 bits per heavy atom. The highest BCUT2D eigenvalue weighted by atomic mass is 16.5. The maximum atomic E-state index is 12.3. The average molecular weight is 345 g/mol. The number of hydrogen-bond acceptors (Lipinski definition) is 3. The van der Waals surface area contributed by atoms with Gasteiger partial charge in [0.05, 0.1) is 12.7 Å². The van der Waals surface area contributed by atoms with E-state index in [1.54, 1.807) is 29.2 Å². The molecule has 4 nitrogen and oxygen atoms in total. The molecule has 0 spiro atoms. The van der Waals surface area contributed by atoms with Crippen LogP contribution in [0.1, 0.15) is 17.3 Å². The van der Waals surface area contributed by atoms with Crippen molar-refractivity contribution in [2.75, 3.05) is 12.0 Å². The van der Waals surface area contributed by atoms with Gasteiger partial charge in [-0.2, -0.15) is 0 Å². The van der Waals surface area contributed by atoms with Gasteiger partial charge in [0.2, 0.25) is 5.91 Å². The summed E-state index contributed by atoms with van der Waals surface area (Å²) in [4.78, 5) is 25.6. The fourth-order valence-electron chi connectivity index (χ4n) is 2.84. The minimum Gasteiger partial charge on any atom is -0.465 e. The number of esters is 1. The highest BCUT2D eigenvalue weighted by molar-refractivity contribution is 6.00. The number of methoxy groups -OCH3 is 1. The first-order valence-electron chi connectivity index (χ1n) is 8.24. The number of carbonyl (C=O) groups excluding carboxylic acids is 2. The standard InChI is InChI=1S/C22H19NO3/c1-16(24)23(21-10-6-9-19(15-21)22(25)26-2)20-13-11-18(12-14-20)17-7-4-3-5-8-17/h3-15H,1-2H3.